The molecule has 0 aliphatic rings. The number of hydrogen-bond donors (Lipinski definition) is 0. The van der Waals surface area contributed by atoms with E-state index in [0.29, 0.717) is 41.7 Å². The van der Waals surface area contributed by atoms with Crippen LogP contribution in [-0.4, -0.2) is 37.5 Å². The van der Waals surface area contributed by atoms with Crippen LogP contribution in [0.4, 0.5) is 0 Å². The van der Waals surface area contributed by atoms with Crippen LogP contribution in [0.5, 0.6) is 0 Å². The highest BCUT2D eigenvalue weighted by Gasteiger charge is 2.20. The Hall–Kier alpha value is -4.53. The Morgan fingerprint density at radius 3 is 2.76 bits per heavy atom. The lowest BCUT2D eigenvalue weighted by atomic mass is 10.2. The molecule has 0 aliphatic carbocycles. The van der Waals surface area contributed by atoms with E-state index >= 15 is 0 Å². The van der Waals surface area contributed by atoms with Crippen LogP contribution in [-0.2, 0) is 11.2 Å². The molecule has 4 heterocycles. The third-order valence-electron chi connectivity index (χ3n) is 4.85. The van der Waals surface area contributed by atoms with Crippen molar-refractivity contribution in [2.24, 2.45) is 0 Å². The molecule has 0 N–H and O–H groups in total. The fourth-order valence-corrected chi connectivity index (χ4v) is 3.27. The summed E-state index contributed by atoms with van der Waals surface area (Å²) in [4.78, 5) is 21.3. The number of rotatable bonds is 8. The van der Waals surface area contributed by atoms with Gasteiger partial charge in [0.15, 0.2) is 11.5 Å². The van der Waals surface area contributed by atoms with Gasteiger partial charge >= 0.3 is 5.97 Å². The highest BCUT2D eigenvalue weighted by molar-refractivity contribution is 5.89. The Bertz CT molecular complexity index is 1330. The molecule has 0 unspecified atom stereocenters. The van der Waals surface area contributed by atoms with Gasteiger partial charge in [0.2, 0.25) is 11.7 Å². The van der Waals surface area contributed by atoms with Crippen LogP contribution in [0, 0.1) is 0 Å². The molecule has 9 nitrogen and oxygen atoms in total. The molecular weight excluding hydrogens is 422 g/mol. The fourth-order valence-electron chi connectivity index (χ4n) is 3.27. The molecule has 0 bridgehead atoms. The van der Waals surface area contributed by atoms with E-state index < -0.39 is 5.97 Å². The third kappa shape index (κ3) is 4.57. The summed E-state index contributed by atoms with van der Waals surface area (Å²) in [6.45, 7) is 0.194. The number of aromatic nitrogens is 5. The van der Waals surface area contributed by atoms with Gasteiger partial charge in [-0.05, 0) is 42.8 Å². The molecule has 0 radical (unpaired) electrons. The van der Waals surface area contributed by atoms with Crippen LogP contribution in [0.1, 0.15) is 22.8 Å². The van der Waals surface area contributed by atoms with Crippen molar-refractivity contribution in [2.75, 3.05) is 6.61 Å². The van der Waals surface area contributed by atoms with Gasteiger partial charge < -0.3 is 13.7 Å². The smallest absolute Gasteiger partial charge is 0.357 e. The summed E-state index contributed by atoms with van der Waals surface area (Å²) in [5, 5.41) is 8.50. The molecular formula is C24H19N5O4. The van der Waals surface area contributed by atoms with Crippen LogP contribution in [0.2, 0.25) is 0 Å². The van der Waals surface area contributed by atoms with Crippen molar-refractivity contribution < 1.29 is 18.5 Å². The van der Waals surface area contributed by atoms with Crippen LogP contribution in [0.25, 0.3) is 28.5 Å². The molecule has 5 rings (SSSR count). The quantitative estimate of drug-likeness (QED) is 0.258. The van der Waals surface area contributed by atoms with Gasteiger partial charge in [-0.3, -0.25) is 4.98 Å². The number of pyridine rings is 1. The van der Waals surface area contributed by atoms with E-state index in [1.54, 1.807) is 41.5 Å². The summed E-state index contributed by atoms with van der Waals surface area (Å²) < 4.78 is 17.8. The molecule has 1 aromatic carbocycles. The Morgan fingerprint density at radius 2 is 1.97 bits per heavy atom. The molecule has 164 valence electrons. The van der Waals surface area contributed by atoms with Gasteiger partial charge in [-0.2, -0.15) is 10.1 Å². The van der Waals surface area contributed by atoms with Gasteiger partial charge in [-0.15, -0.1) is 0 Å². The monoisotopic (exact) mass is 441 g/mol. The Kier molecular flexibility index (Phi) is 5.75. The van der Waals surface area contributed by atoms with Crippen molar-refractivity contribution in [3.8, 4) is 28.5 Å². The second-order valence-corrected chi connectivity index (χ2v) is 7.13. The molecule has 0 amide bonds. The number of aryl methyl sites for hydroxylation is 1. The largest absolute Gasteiger partial charge is 0.463 e. The van der Waals surface area contributed by atoms with Gasteiger partial charge in [-0.1, -0.05) is 23.4 Å². The minimum atomic E-state index is -0.481. The molecule has 9 heteroatoms. The first-order valence-corrected chi connectivity index (χ1v) is 10.4. The van der Waals surface area contributed by atoms with E-state index in [-0.39, 0.29) is 6.61 Å². The van der Waals surface area contributed by atoms with Gasteiger partial charge in [0.25, 0.3) is 0 Å². The van der Waals surface area contributed by atoms with Crippen LogP contribution < -0.4 is 0 Å². The Balaban J connectivity index is 1.24. The summed E-state index contributed by atoms with van der Waals surface area (Å²) in [6.07, 6.45) is 5.93. The molecule has 0 fully saturated rings. The predicted molar refractivity (Wildman–Crippen MR) is 117 cm³/mol. The van der Waals surface area contributed by atoms with Gasteiger partial charge in [0.05, 0.1) is 18.6 Å². The first-order chi connectivity index (χ1) is 16.3. The number of ether oxygens (including phenoxy) is 1. The SMILES string of the molecule is O=C(OCCCc1nc(-c2cccnc2)no1)c1cc(-c2ccco2)nn1-c1ccccc1. The third-order valence-corrected chi connectivity index (χ3v) is 4.85. The molecule has 0 saturated heterocycles. The summed E-state index contributed by atoms with van der Waals surface area (Å²) in [6, 6.07) is 18.3. The number of carbonyl (C=O) groups is 1. The zero-order chi connectivity index (χ0) is 22.5. The summed E-state index contributed by atoms with van der Waals surface area (Å²) in [5.41, 5.74) is 2.38. The van der Waals surface area contributed by atoms with Crippen molar-refractivity contribution in [3.63, 3.8) is 0 Å². The number of furan rings is 1. The number of carbonyl (C=O) groups excluding carboxylic acids is 1. The maximum atomic E-state index is 12.9. The van der Waals surface area contributed by atoms with E-state index in [4.69, 9.17) is 13.7 Å². The first kappa shape index (κ1) is 20.4. The lowest BCUT2D eigenvalue weighted by molar-refractivity contribution is 0.0487. The Morgan fingerprint density at radius 1 is 1.06 bits per heavy atom. The molecule has 0 spiro atoms. The number of benzene rings is 1. The number of nitrogens with zero attached hydrogens (tertiary/aromatic N) is 5. The highest BCUT2D eigenvalue weighted by Crippen LogP contribution is 2.23. The van der Waals surface area contributed by atoms with Crippen LogP contribution >= 0.6 is 0 Å². The average molecular weight is 441 g/mol. The number of esters is 1. The van der Waals surface area contributed by atoms with Gasteiger partial charge in [-0.25, -0.2) is 9.48 Å². The van der Waals surface area contributed by atoms with E-state index in [1.165, 1.54) is 0 Å². The first-order valence-electron chi connectivity index (χ1n) is 10.4. The maximum Gasteiger partial charge on any atom is 0.357 e. The van der Waals surface area contributed by atoms with E-state index in [2.05, 4.69) is 20.2 Å². The molecule has 0 saturated carbocycles. The minimum absolute atomic E-state index is 0.194. The fraction of sp³-hybridized carbons (Fsp3) is 0.125. The second kappa shape index (κ2) is 9.31. The van der Waals surface area contributed by atoms with Crippen LogP contribution in [0.3, 0.4) is 0 Å². The minimum Gasteiger partial charge on any atom is -0.463 e. The normalized spacial score (nSPS) is 10.9. The number of para-hydroxylation sites is 1. The average Bonchev–Trinajstić information content (AvgIpc) is 3.63. The lowest BCUT2D eigenvalue weighted by Crippen LogP contribution is -2.13. The maximum absolute atomic E-state index is 12.9. The molecule has 5 aromatic rings. The van der Waals surface area contributed by atoms with Crippen molar-refractivity contribution >= 4 is 5.97 Å². The Labute approximate surface area is 188 Å². The van der Waals surface area contributed by atoms with Crippen molar-refractivity contribution in [3.05, 3.63) is 90.9 Å². The lowest BCUT2D eigenvalue weighted by Gasteiger charge is -2.07. The van der Waals surface area contributed by atoms with Crippen molar-refractivity contribution in [1.29, 1.82) is 0 Å². The van der Waals surface area contributed by atoms with E-state index in [9.17, 15) is 4.79 Å². The predicted octanol–water partition coefficient (Wildman–Crippen LogP) is 4.37. The molecule has 0 aliphatic heterocycles. The zero-order valence-corrected chi connectivity index (χ0v) is 17.5. The number of hydrogen-bond acceptors (Lipinski definition) is 8. The van der Waals surface area contributed by atoms with E-state index in [1.807, 2.05) is 42.5 Å². The van der Waals surface area contributed by atoms with E-state index in [0.717, 1.165) is 11.3 Å². The van der Waals surface area contributed by atoms with Crippen molar-refractivity contribution in [1.82, 2.24) is 24.9 Å². The summed E-state index contributed by atoms with van der Waals surface area (Å²) >= 11 is 0. The molecule has 4 aromatic heterocycles. The second-order valence-electron chi connectivity index (χ2n) is 7.13. The highest BCUT2D eigenvalue weighted by atomic mass is 16.5. The summed E-state index contributed by atoms with van der Waals surface area (Å²) in [5.74, 6) is 1.04. The summed E-state index contributed by atoms with van der Waals surface area (Å²) in [7, 11) is 0. The van der Waals surface area contributed by atoms with Gasteiger partial charge in [0, 0.05) is 30.4 Å². The zero-order valence-electron chi connectivity index (χ0n) is 17.5. The van der Waals surface area contributed by atoms with Crippen LogP contribution in [0.15, 0.2) is 88.3 Å². The standard InChI is InChI=1S/C24H19N5O4/c30-24(32-14-6-11-22-26-23(28-33-22)17-7-4-12-25-16-17)20-15-19(21-10-5-13-31-21)27-29(20)18-8-2-1-3-9-18/h1-5,7-10,12-13,15-16H,6,11,14H2. The van der Waals surface area contributed by atoms with Gasteiger partial charge in [0.1, 0.15) is 5.69 Å². The molecule has 0 atom stereocenters. The topological polar surface area (TPSA) is 109 Å². The van der Waals surface area contributed by atoms with Crippen molar-refractivity contribution in [2.45, 2.75) is 12.8 Å². The molecule has 33 heavy (non-hydrogen) atoms.